The third-order valence-corrected chi connectivity index (χ3v) is 8.95. The quantitative estimate of drug-likeness (QED) is 0.194. The van der Waals surface area contributed by atoms with Crippen molar-refractivity contribution in [2.45, 2.75) is 39.7 Å². The minimum atomic E-state index is -0.542. The summed E-state index contributed by atoms with van der Waals surface area (Å²) < 4.78 is 0.857. The molecule has 0 atom stereocenters. The van der Waals surface area contributed by atoms with Crippen LogP contribution in [0.25, 0.3) is 11.1 Å². The molecule has 1 aliphatic rings. The molecule has 4 rings (SSSR count). The van der Waals surface area contributed by atoms with Gasteiger partial charge in [-0.3, -0.25) is 14.9 Å². The van der Waals surface area contributed by atoms with Crippen LogP contribution in [0.1, 0.15) is 35.4 Å². The third-order valence-electron chi connectivity index (χ3n) is 5.62. The van der Waals surface area contributed by atoms with E-state index in [-0.39, 0.29) is 18.0 Å². The minimum Gasteiger partial charge on any atom is -0.301 e. The van der Waals surface area contributed by atoms with Gasteiger partial charge in [0.05, 0.1) is 27.4 Å². The minimum absolute atomic E-state index is 0.0173. The van der Waals surface area contributed by atoms with E-state index in [1.165, 1.54) is 12.1 Å². The van der Waals surface area contributed by atoms with Gasteiger partial charge < -0.3 is 4.90 Å². The van der Waals surface area contributed by atoms with E-state index in [1.807, 2.05) is 11.8 Å². The third kappa shape index (κ3) is 3.29. The van der Waals surface area contributed by atoms with E-state index in [0.717, 1.165) is 42.2 Å². The molecular formula is C22H20N2O3S3. The number of nitrogens with zero attached hydrogens (tertiary/aromatic N) is 2. The van der Waals surface area contributed by atoms with Gasteiger partial charge in [-0.2, -0.15) is 0 Å². The molecule has 2 aromatic carbocycles. The highest BCUT2D eigenvalue weighted by atomic mass is 32.9. The van der Waals surface area contributed by atoms with Crippen molar-refractivity contribution >= 4 is 50.2 Å². The lowest BCUT2D eigenvalue weighted by molar-refractivity contribution is -0.384. The Labute approximate surface area is 187 Å². The maximum Gasteiger partial charge on any atom is 0.269 e. The second-order valence-electron chi connectivity index (χ2n) is 8.00. The summed E-state index contributed by atoms with van der Waals surface area (Å²) >= 11 is 5.64. The Morgan fingerprint density at radius 3 is 2.40 bits per heavy atom. The monoisotopic (exact) mass is 456 g/mol. The number of hydrogen-bond acceptors (Lipinski definition) is 6. The molecule has 0 radical (unpaired) electrons. The lowest BCUT2D eigenvalue weighted by Gasteiger charge is -2.43. The number of benzene rings is 2. The smallest absolute Gasteiger partial charge is 0.269 e. The first kappa shape index (κ1) is 20.8. The summed E-state index contributed by atoms with van der Waals surface area (Å²) in [6, 6.07) is 10.4. The van der Waals surface area contributed by atoms with Crippen LogP contribution in [0.15, 0.2) is 36.4 Å². The fourth-order valence-corrected chi connectivity index (χ4v) is 7.20. The fourth-order valence-electron chi connectivity index (χ4n) is 3.92. The Balaban J connectivity index is 1.81. The molecule has 0 saturated carbocycles. The normalized spacial score (nSPS) is 14.2. The van der Waals surface area contributed by atoms with E-state index >= 15 is 0 Å². The van der Waals surface area contributed by atoms with E-state index in [0.29, 0.717) is 0 Å². The Morgan fingerprint density at radius 1 is 1.13 bits per heavy atom. The first-order chi connectivity index (χ1) is 14.1. The van der Waals surface area contributed by atoms with Gasteiger partial charge in [-0.15, -0.1) is 0 Å². The Kier molecular flexibility index (Phi) is 5.12. The SMILES string of the molecule is Cc1cc2c(cc1C)N(C(=O)Cc1ccc([N+](=O)[O-])cc1)C(C)(C)c1ssc(=S)c1-2. The molecule has 3 aromatic rings. The molecule has 2 heterocycles. The molecule has 8 heteroatoms. The number of aryl methyl sites for hydroxylation is 2. The first-order valence-electron chi connectivity index (χ1n) is 9.43. The van der Waals surface area contributed by atoms with Crippen LogP contribution in [0.3, 0.4) is 0 Å². The van der Waals surface area contributed by atoms with Gasteiger partial charge in [0.2, 0.25) is 5.91 Å². The van der Waals surface area contributed by atoms with Crippen molar-refractivity contribution in [3.8, 4) is 11.1 Å². The molecule has 0 bridgehead atoms. The molecular weight excluding hydrogens is 436 g/mol. The zero-order chi connectivity index (χ0) is 21.8. The molecule has 1 aliphatic heterocycles. The van der Waals surface area contributed by atoms with E-state index in [4.69, 9.17) is 12.2 Å². The van der Waals surface area contributed by atoms with Crippen molar-refractivity contribution in [3.05, 3.63) is 71.9 Å². The van der Waals surface area contributed by atoms with Gasteiger partial charge in [-0.25, -0.2) is 0 Å². The number of nitro groups is 1. The largest absolute Gasteiger partial charge is 0.301 e. The van der Waals surface area contributed by atoms with Gasteiger partial charge in [-0.1, -0.05) is 45.0 Å². The maximum atomic E-state index is 13.6. The van der Waals surface area contributed by atoms with E-state index in [2.05, 4.69) is 32.9 Å². The van der Waals surface area contributed by atoms with Gasteiger partial charge in [0.25, 0.3) is 5.69 Å². The summed E-state index contributed by atoms with van der Waals surface area (Å²) in [4.78, 5) is 27.0. The molecule has 1 amide bonds. The van der Waals surface area contributed by atoms with Gasteiger partial charge in [-0.05, 0) is 56.5 Å². The lowest BCUT2D eigenvalue weighted by atomic mass is 9.85. The topological polar surface area (TPSA) is 63.5 Å². The fraction of sp³-hybridized carbons (Fsp3) is 0.273. The highest BCUT2D eigenvalue weighted by Crippen LogP contribution is 2.52. The average molecular weight is 457 g/mol. The molecule has 0 aliphatic carbocycles. The molecule has 30 heavy (non-hydrogen) atoms. The number of amides is 1. The summed E-state index contributed by atoms with van der Waals surface area (Å²) in [5.74, 6) is -0.0478. The van der Waals surface area contributed by atoms with E-state index in [9.17, 15) is 14.9 Å². The Bertz CT molecular complexity index is 1240. The highest BCUT2D eigenvalue weighted by Gasteiger charge is 2.43. The zero-order valence-electron chi connectivity index (χ0n) is 17.0. The van der Waals surface area contributed by atoms with Crippen LogP contribution >= 0.6 is 32.9 Å². The highest BCUT2D eigenvalue weighted by molar-refractivity contribution is 7.80. The van der Waals surface area contributed by atoms with E-state index in [1.54, 1.807) is 32.8 Å². The van der Waals surface area contributed by atoms with E-state index < -0.39 is 10.5 Å². The number of non-ortho nitro benzene ring substituents is 1. The van der Waals surface area contributed by atoms with Crippen LogP contribution in [0.2, 0.25) is 0 Å². The van der Waals surface area contributed by atoms with Crippen molar-refractivity contribution in [3.63, 3.8) is 0 Å². The molecule has 0 spiro atoms. The van der Waals surface area contributed by atoms with Crippen molar-refractivity contribution in [2.24, 2.45) is 0 Å². The summed E-state index contributed by atoms with van der Waals surface area (Å²) in [6.07, 6.45) is 0.165. The van der Waals surface area contributed by atoms with Crippen molar-refractivity contribution in [1.29, 1.82) is 0 Å². The summed E-state index contributed by atoms with van der Waals surface area (Å²) in [6.45, 7) is 8.21. The predicted octanol–water partition coefficient (Wildman–Crippen LogP) is 6.56. The number of rotatable bonds is 3. The number of carbonyl (C=O) groups excluding carboxylic acids is 1. The predicted molar refractivity (Wildman–Crippen MR) is 125 cm³/mol. The van der Waals surface area contributed by atoms with Gasteiger partial charge in [0, 0.05) is 23.3 Å². The molecule has 0 N–H and O–H groups in total. The summed E-state index contributed by atoms with van der Waals surface area (Å²) in [5.41, 5.74) is 5.45. The number of nitro benzene ring substituents is 1. The van der Waals surface area contributed by atoms with Crippen LogP contribution in [0.5, 0.6) is 0 Å². The van der Waals surface area contributed by atoms with Crippen molar-refractivity contribution in [2.75, 3.05) is 4.90 Å². The molecule has 1 aromatic heterocycles. The first-order valence-corrected chi connectivity index (χ1v) is 12.0. The molecule has 0 unspecified atom stereocenters. The molecule has 0 fully saturated rings. The molecule has 5 nitrogen and oxygen atoms in total. The standard InChI is InChI=1S/C22H20N2O3S3/c1-12-9-16-17(10-13(12)2)23(22(3,4)20-19(16)21(28)30-29-20)18(25)11-14-5-7-15(8-6-14)24(26)27/h5-10H,11H2,1-4H3. The van der Waals surface area contributed by atoms with Crippen LogP contribution < -0.4 is 4.90 Å². The lowest BCUT2D eigenvalue weighted by Crippen LogP contribution is -2.48. The van der Waals surface area contributed by atoms with Gasteiger partial charge in [0.15, 0.2) is 0 Å². The van der Waals surface area contributed by atoms with Crippen LogP contribution in [0, 0.1) is 27.8 Å². The molecule has 0 saturated heterocycles. The number of carbonyl (C=O) groups is 1. The van der Waals surface area contributed by atoms with Gasteiger partial charge in [0.1, 0.15) is 3.82 Å². The van der Waals surface area contributed by atoms with Crippen LogP contribution in [0.4, 0.5) is 11.4 Å². The van der Waals surface area contributed by atoms with Crippen molar-refractivity contribution < 1.29 is 9.72 Å². The summed E-state index contributed by atoms with van der Waals surface area (Å²) in [7, 11) is 3.21. The average Bonchev–Trinajstić information content (AvgIpc) is 3.07. The second-order valence-corrected chi connectivity index (χ2v) is 10.8. The second kappa shape index (κ2) is 7.37. The van der Waals surface area contributed by atoms with Crippen molar-refractivity contribution in [1.82, 2.24) is 0 Å². The van der Waals surface area contributed by atoms with Crippen LogP contribution in [-0.4, -0.2) is 10.8 Å². The zero-order valence-corrected chi connectivity index (χ0v) is 19.5. The Morgan fingerprint density at radius 2 is 1.77 bits per heavy atom. The maximum absolute atomic E-state index is 13.6. The summed E-state index contributed by atoms with van der Waals surface area (Å²) in [5, 5.41) is 10.9. The number of anilines is 1. The molecule has 154 valence electrons. The number of hydrogen-bond donors (Lipinski definition) is 0. The number of fused-ring (bicyclic) bond motifs is 3. The Hall–Kier alpha value is -2.42. The van der Waals surface area contributed by atoms with Crippen LogP contribution in [-0.2, 0) is 16.8 Å². The van der Waals surface area contributed by atoms with Gasteiger partial charge >= 0.3 is 0 Å².